The van der Waals surface area contributed by atoms with Crippen molar-refractivity contribution in [1.82, 2.24) is 0 Å². The summed E-state index contributed by atoms with van der Waals surface area (Å²) in [6, 6.07) is 28.5. The third-order valence-electron chi connectivity index (χ3n) is 8.16. The number of nitrogens with zero attached hydrogens (tertiary/aromatic N) is 3. The zero-order valence-corrected chi connectivity index (χ0v) is 25.2. The second kappa shape index (κ2) is 14.2. The van der Waals surface area contributed by atoms with Crippen LogP contribution in [0.5, 0.6) is 0 Å². The maximum atomic E-state index is 2.48. The van der Waals surface area contributed by atoms with E-state index in [4.69, 9.17) is 0 Å². The first-order valence-corrected chi connectivity index (χ1v) is 14.9. The average molecular weight is 516 g/mol. The number of benzene rings is 3. The highest BCUT2D eigenvalue weighted by atomic mass is 15.2. The molecule has 0 amide bonds. The molecule has 0 spiro atoms. The Morgan fingerprint density at radius 3 is 1.18 bits per heavy atom. The lowest BCUT2D eigenvalue weighted by atomic mass is 10.1. The van der Waals surface area contributed by atoms with Crippen molar-refractivity contribution in [3.8, 4) is 0 Å². The van der Waals surface area contributed by atoms with E-state index in [1.807, 2.05) is 0 Å². The van der Waals surface area contributed by atoms with E-state index in [1.54, 1.807) is 0 Å². The lowest BCUT2D eigenvalue weighted by Crippen LogP contribution is -3.06. The molecule has 0 saturated carbocycles. The molecule has 0 fully saturated rings. The first-order valence-electron chi connectivity index (χ1n) is 14.9. The first-order chi connectivity index (χ1) is 18.4. The van der Waals surface area contributed by atoms with Gasteiger partial charge in [0.05, 0.1) is 6.04 Å². The van der Waals surface area contributed by atoms with Crippen molar-refractivity contribution in [1.29, 1.82) is 0 Å². The largest absolute Gasteiger partial charge is 0.372 e. The van der Waals surface area contributed by atoms with E-state index in [-0.39, 0.29) is 0 Å². The second-order valence-corrected chi connectivity index (χ2v) is 10.3. The fourth-order valence-corrected chi connectivity index (χ4v) is 5.44. The first kappa shape index (κ1) is 29.6. The quantitative estimate of drug-likeness (QED) is 0.234. The minimum absolute atomic E-state index is 0.408. The van der Waals surface area contributed by atoms with Crippen LogP contribution in [-0.4, -0.2) is 38.3 Å². The Hall–Kier alpha value is -2.98. The van der Waals surface area contributed by atoms with Gasteiger partial charge in [-0.1, -0.05) is 13.8 Å². The van der Waals surface area contributed by atoms with Gasteiger partial charge in [-0.05, 0) is 103 Å². The van der Waals surface area contributed by atoms with Gasteiger partial charge in [0.2, 0.25) is 0 Å². The molecule has 0 heterocycles. The molecule has 0 aliphatic heterocycles. The van der Waals surface area contributed by atoms with Crippen molar-refractivity contribution in [2.24, 2.45) is 0 Å². The molecule has 1 N–H and O–H groups in total. The number of hydrogen-bond acceptors (Lipinski definition) is 3. The minimum Gasteiger partial charge on any atom is -0.372 e. The fourth-order valence-electron chi connectivity index (χ4n) is 5.44. The number of quaternary nitrogens is 1. The summed E-state index contributed by atoms with van der Waals surface area (Å²) in [5.74, 6) is 0. The van der Waals surface area contributed by atoms with E-state index >= 15 is 0 Å². The number of nitrogens with one attached hydrogen (secondary N) is 1. The lowest BCUT2D eigenvalue weighted by Gasteiger charge is -2.32. The van der Waals surface area contributed by atoms with Gasteiger partial charge in [0.15, 0.2) is 0 Å². The van der Waals surface area contributed by atoms with E-state index in [0.717, 1.165) is 39.0 Å². The molecule has 0 saturated heterocycles. The van der Waals surface area contributed by atoms with Crippen LogP contribution < -0.4 is 19.6 Å². The maximum Gasteiger partial charge on any atom is 0.136 e. The Kier molecular flexibility index (Phi) is 11.1. The van der Waals surface area contributed by atoms with Gasteiger partial charge in [-0.15, -0.1) is 0 Å². The van der Waals surface area contributed by atoms with Gasteiger partial charge < -0.3 is 14.7 Å². The standard InChI is InChI=1S/C34H50N4/c1-9-27(7)37(31-19-15-29(16-20-31)35(11-3)12-4)33-23-25-34(26-24-33)38(28(8)10-2)32-21-17-30(18-22-32)36(13-5)14-6/h15-28H,9-14H2,1-8H3/p+1. The van der Waals surface area contributed by atoms with E-state index in [1.165, 1.54) is 39.0 Å². The Labute approximate surface area is 232 Å². The molecule has 206 valence electrons. The van der Waals surface area contributed by atoms with E-state index in [2.05, 4.69) is 143 Å². The van der Waals surface area contributed by atoms with Gasteiger partial charge in [0.25, 0.3) is 0 Å². The minimum atomic E-state index is 0.408. The lowest BCUT2D eigenvalue weighted by molar-refractivity contribution is -0.789. The van der Waals surface area contributed by atoms with Gasteiger partial charge in [-0.2, -0.15) is 0 Å². The maximum absolute atomic E-state index is 2.48. The average Bonchev–Trinajstić information content (AvgIpc) is 2.96. The van der Waals surface area contributed by atoms with Crippen LogP contribution in [0.25, 0.3) is 0 Å². The predicted octanol–water partition coefficient (Wildman–Crippen LogP) is 7.96. The fraction of sp³-hybridized carbons (Fsp3) is 0.471. The second-order valence-electron chi connectivity index (χ2n) is 10.3. The zero-order chi connectivity index (χ0) is 27.7. The van der Waals surface area contributed by atoms with Crippen LogP contribution in [0, 0.1) is 0 Å². The third kappa shape index (κ3) is 6.71. The summed E-state index contributed by atoms with van der Waals surface area (Å²) in [7, 11) is 0. The van der Waals surface area contributed by atoms with Crippen LogP contribution in [0.1, 0.15) is 68.2 Å². The van der Waals surface area contributed by atoms with Crippen molar-refractivity contribution in [3.05, 3.63) is 72.8 Å². The predicted molar refractivity (Wildman–Crippen MR) is 168 cm³/mol. The molecule has 0 bridgehead atoms. The molecule has 3 unspecified atom stereocenters. The van der Waals surface area contributed by atoms with Gasteiger partial charge >= 0.3 is 0 Å². The summed E-state index contributed by atoms with van der Waals surface area (Å²) >= 11 is 0. The van der Waals surface area contributed by atoms with E-state index in [0.29, 0.717) is 12.1 Å². The van der Waals surface area contributed by atoms with Crippen molar-refractivity contribution in [2.75, 3.05) is 40.9 Å². The zero-order valence-electron chi connectivity index (χ0n) is 25.2. The highest BCUT2D eigenvalue weighted by Gasteiger charge is 2.23. The van der Waals surface area contributed by atoms with Crippen LogP contribution >= 0.6 is 0 Å². The van der Waals surface area contributed by atoms with Gasteiger partial charge in [0, 0.05) is 79.2 Å². The number of anilines is 4. The van der Waals surface area contributed by atoms with Gasteiger partial charge in [0.1, 0.15) is 11.4 Å². The monoisotopic (exact) mass is 515 g/mol. The van der Waals surface area contributed by atoms with Crippen LogP contribution in [-0.2, 0) is 0 Å². The van der Waals surface area contributed by atoms with Crippen molar-refractivity contribution >= 4 is 34.1 Å². The van der Waals surface area contributed by atoms with Gasteiger partial charge in [-0.3, -0.25) is 4.90 Å². The van der Waals surface area contributed by atoms with Crippen LogP contribution in [0.4, 0.5) is 34.1 Å². The number of hydrogen-bond donors (Lipinski definition) is 1. The molecule has 0 radical (unpaired) electrons. The summed E-state index contributed by atoms with van der Waals surface area (Å²) < 4.78 is 0. The normalized spacial score (nSPS) is 13.6. The molecule has 3 atom stereocenters. The summed E-state index contributed by atoms with van der Waals surface area (Å²) in [5, 5.41) is 0. The molecule has 3 aromatic carbocycles. The molecular weight excluding hydrogens is 464 g/mol. The molecule has 4 nitrogen and oxygen atoms in total. The Morgan fingerprint density at radius 2 is 0.842 bits per heavy atom. The van der Waals surface area contributed by atoms with Gasteiger partial charge in [-0.25, -0.2) is 0 Å². The smallest absolute Gasteiger partial charge is 0.136 e. The van der Waals surface area contributed by atoms with Crippen molar-refractivity contribution < 1.29 is 4.90 Å². The van der Waals surface area contributed by atoms with Crippen LogP contribution in [0.2, 0.25) is 0 Å². The summed E-state index contributed by atoms with van der Waals surface area (Å²) in [6.07, 6.45) is 2.20. The molecule has 0 aliphatic rings. The van der Waals surface area contributed by atoms with Crippen LogP contribution in [0.15, 0.2) is 72.8 Å². The Morgan fingerprint density at radius 1 is 0.500 bits per heavy atom. The topological polar surface area (TPSA) is 14.2 Å². The summed E-state index contributed by atoms with van der Waals surface area (Å²) in [5.41, 5.74) is 7.74. The molecule has 0 aromatic heterocycles. The van der Waals surface area contributed by atoms with E-state index < -0.39 is 0 Å². The Bertz CT molecular complexity index is 978. The van der Waals surface area contributed by atoms with Crippen molar-refractivity contribution in [2.45, 2.75) is 80.3 Å². The molecular formula is C34H51N4+. The highest BCUT2D eigenvalue weighted by molar-refractivity contribution is 5.67. The summed E-state index contributed by atoms with van der Waals surface area (Å²) in [4.78, 5) is 8.72. The SMILES string of the molecule is CCC(C)N(c1ccc(N(CC)CC)cc1)c1ccc([NH+](c2ccc(N(CC)CC)cc2)C(C)CC)cc1. The van der Waals surface area contributed by atoms with Crippen LogP contribution in [0.3, 0.4) is 0 Å². The highest BCUT2D eigenvalue weighted by Crippen LogP contribution is 2.31. The molecule has 3 aromatic rings. The summed E-state index contributed by atoms with van der Waals surface area (Å²) in [6.45, 7) is 22.2. The van der Waals surface area contributed by atoms with E-state index in [9.17, 15) is 0 Å². The van der Waals surface area contributed by atoms with Crippen molar-refractivity contribution in [3.63, 3.8) is 0 Å². The molecule has 3 rings (SSSR count). The molecule has 38 heavy (non-hydrogen) atoms. The molecule has 4 heteroatoms. The molecule has 0 aliphatic carbocycles. The third-order valence-corrected chi connectivity index (χ3v) is 8.16. The Balaban J connectivity index is 1.93. The number of rotatable bonds is 14.